The minimum Gasteiger partial charge on any atom is -0.497 e. The van der Waals surface area contributed by atoms with E-state index in [0.29, 0.717) is 13.2 Å². The zero-order valence-corrected chi connectivity index (χ0v) is 15.2. The molecule has 4 rings (SSSR count). The van der Waals surface area contributed by atoms with Gasteiger partial charge in [-0.2, -0.15) is 4.98 Å². The molecule has 0 saturated carbocycles. The maximum Gasteiger partial charge on any atom is 0.227 e. The molecule has 26 heavy (non-hydrogen) atoms. The first-order valence-corrected chi connectivity index (χ1v) is 8.95. The number of piperidine rings is 1. The Bertz CT molecular complexity index is 750. The maximum atomic E-state index is 5.80. The molecular weight excluding hydrogens is 332 g/mol. The van der Waals surface area contributed by atoms with Crippen molar-refractivity contribution in [3.63, 3.8) is 0 Å². The largest absolute Gasteiger partial charge is 0.497 e. The fraction of sp³-hybridized carbons (Fsp3) is 0.474. The van der Waals surface area contributed by atoms with Crippen LogP contribution < -0.4 is 15.0 Å². The summed E-state index contributed by atoms with van der Waals surface area (Å²) in [6, 6.07) is 9.72. The molecule has 1 N–H and O–H groups in total. The number of methoxy groups -OCH3 is 1. The van der Waals surface area contributed by atoms with Gasteiger partial charge in [0.05, 0.1) is 20.3 Å². The van der Waals surface area contributed by atoms with Gasteiger partial charge in [0, 0.05) is 43.4 Å². The summed E-state index contributed by atoms with van der Waals surface area (Å²) in [5, 5.41) is 3.34. The van der Waals surface area contributed by atoms with E-state index in [9.17, 15) is 0 Å². The Hall–Kier alpha value is -2.38. The van der Waals surface area contributed by atoms with Crippen LogP contribution in [0, 0.1) is 6.92 Å². The Morgan fingerprint density at radius 2 is 1.77 bits per heavy atom. The van der Waals surface area contributed by atoms with Gasteiger partial charge in [-0.15, -0.1) is 0 Å². The average Bonchev–Trinajstić information content (AvgIpc) is 3.10. The molecule has 3 heterocycles. The van der Waals surface area contributed by atoms with E-state index >= 15 is 0 Å². The van der Waals surface area contributed by atoms with Crippen molar-refractivity contribution >= 4 is 17.5 Å². The highest BCUT2D eigenvalue weighted by Crippen LogP contribution is 2.32. The van der Waals surface area contributed by atoms with Crippen LogP contribution in [0.3, 0.4) is 0 Å². The maximum absolute atomic E-state index is 5.80. The molecule has 2 fully saturated rings. The van der Waals surface area contributed by atoms with Gasteiger partial charge in [-0.05, 0) is 31.2 Å². The highest BCUT2D eigenvalue weighted by Gasteiger charge is 2.40. The predicted octanol–water partition coefficient (Wildman–Crippen LogP) is 2.88. The molecular formula is C19H24N4O3. The lowest BCUT2D eigenvalue weighted by Crippen LogP contribution is -2.45. The van der Waals surface area contributed by atoms with Crippen LogP contribution in [0.2, 0.25) is 0 Å². The van der Waals surface area contributed by atoms with Gasteiger partial charge in [0.2, 0.25) is 5.95 Å². The number of rotatable bonds is 4. The molecule has 0 aliphatic carbocycles. The monoisotopic (exact) mass is 356 g/mol. The summed E-state index contributed by atoms with van der Waals surface area (Å²) in [5.74, 6) is 1.97. The van der Waals surface area contributed by atoms with E-state index in [1.54, 1.807) is 7.11 Å². The van der Waals surface area contributed by atoms with Crippen LogP contribution in [-0.2, 0) is 9.47 Å². The molecule has 1 aromatic heterocycles. The van der Waals surface area contributed by atoms with Gasteiger partial charge in [-0.1, -0.05) is 0 Å². The summed E-state index contributed by atoms with van der Waals surface area (Å²) < 4.78 is 16.8. The molecule has 0 bridgehead atoms. The van der Waals surface area contributed by atoms with E-state index in [1.165, 1.54) is 0 Å². The van der Waals surface area contributed by atoms with Crippen molar-refractivity contribution in [3.8, 4) is 5.75 Å². The van der Waals surface area contributed by atoms with E-state index in [0.717, 1.165) is 54.8 Å². The Balaban J connectivity index is 1.47. The summed E-state index contributed by atoms with van der Waals surface area (Å²) in [6.07, 6.45) is 1.68. The second-order valence-electron chi connectivity index (χ2n) is 6.64. The summed E-state index contributed by atoms with van der Waals surface area (Å²) >= 11 is 0. The van der Waals surface area contributed by atoms with Crippen LogP contribution in [0.25, 0.3) is 0 Å². The summed E-state index contributed by atoms with van der Waals surface area (Å²) in [7, 11) is 1.66. The van der Waals surface area contributed by atoms with Gasteiger partial charge in [0.1, 0.15) is 11.6 Å². The lowest BCUT2D eigenvalue weighted by Gasteiger charge is -2.37. The third-order valence-corrected chi connectivity index (χ3v) is 4.83. The summed E-state index contributed by atoms with van der Waals surface area (Å²) in [6.45, 7) is 5.02. The van der Waals surface area contributed by atoms with Crippen molar-refractivity contribution in [2.75, 3.05) is 43.6 Å². The minimum absolute atomic E-state index is 0.384. The van der Waals surface area contributed by atoms with Crippen molar-refractivity contribution in [1.82, 2.24) is 9.97 Å². The molecule has 0 amide bonds. The molecule has 2 aliphatic rings. The van der Waals surface area contributed by atoms with Crippen LogP contribution in [0.5, 0.6) is 5.75 Å². The van der Waals surface area contributed by atoms with Crippen molar-refractivity contribution < 1.29 is 14.2 Å². The molecule has 7 nitrogen and oxygen atoms in total. The third kappa shape index (κ3) is 3.59. The molecule has 0 radical (unpaired) electrons. The molecule has 2 saturated heterocycles. The fourth-order valence-corrected chi connectivity index (χ4v) is 3.41. The van der Waals surface area contributed by atoms with Crippen LogP contribution in [0.1, 0.15) is 18.5 Å². The first-order chi connectivity index (χ1) is 12.7. The molecule has 1 aromatic carbocycles. The van der Waals surface area contributed by atoms with Crippen LogP contribution in [0.4, 0.5) is 17.5 Å². The van der Waals surface area contributed by atoms with Gasteiger partial charge in [0.15, 0.2) is 5.79 Å². The topological polar surface area (TPSA) is 68.7 Å². The van der Waals surface area contributed by atoms with Crippen molar-refractivity contribution in [2.24, 2.45) is 0 Å². The highest BCUT2D eigenvalue weighted by atomic mass is 16.7. The number of aromatic nitrogens is 2. The molecule has 1 spiro atoms. The number of anilines is 3. The summed E-state index contributed by atoms with van der Waals surface area (Å²) in [5.41, 5.74) is 1.89. The summed E-state index contributed by atoms with van der Waals surface area (Å²) in [4.78, 5) is 11.5. The van der Waals surface area contributed by atoms with Crippen LogP contribution in [-0.4, -0.2) is 49.2 Å². The molecule has 2 aromatic rings. The molecule has 7 heteroatoms. The number of hydrogen-bond donors (Lipinski definition) is 1. The van der Waals surface area contributed by atoms with Gasteiger partial charge in [0.25, 0.3) is 0 Å². The van der Waals surface area contributed by atoms with Crippen LogP contribution in [0.15, 0.2) is 30.3 Å². The molecule has 0 atom stereocenters. The SMILES string of the molecule is COc1ccc(Nc2cc(C)nc(N3CCC4(CC3)OCCO4)n2)cc1. The number of hydrogen-bond acceptors (Lipinski definition) is 7. The number of nitrogens with one attached hydrogen (secondary N) is 1. The average molecular weight is 356 g/mol. The van der Waals surface area contributed by atoms with E-state index in [-0.39, 0.29) is 5.79 Å². The number of nitrogens with zero attached hydrogens (tertiary/aromatic N) is 3. The van der Waals surface area contributed by atoms with Crippen LogP contribution >= 0.6 is 0 Å². The zero-order chi connectivity index (χ0) is 18.0. The van der Waals surface area contributed by atoms with Crippen molar-refractivity contribution in [1.29, 1.82) is 0 Å². The predicted molar refractivity (Wildman–Crippen MR) is 99.1 cm³/mol. The Morgan fingerprint density at radius 3 is 2.42 bits per heavy atom. The lowest BCUT2D eigenvalue weighted by atomic mass is 10.0. The zero-order valence-electron chi connectivity index (χ0n) is 15.2. The van der Waals surface area contributed by atoms with E-state index in [1.807, 2.05) is 37.3 Å². The molecule has 2 aliphatic heterocycles. The minimum atomic E-state index is -0.384. The second kappa shape index (κ2) is 7.09. The number of ether oxygens (including phenoxy) is 3. The quantitative estimate of drug-likeness (QED) is 0.903. The fourth-order valence-electron chi connectivity index (χ4n) is 3.41. The molecule has 0 unspecified atom stereocenters. The van der Waals surface area contributed by atoms with Gasteiger partial charge in [-0.3, -0.25) is 0 Å². The highest BCUT2D eigenvalue weighted by molar-refractivity contribution is 5.58. The second-order valence-corrected chi connectivity index (χ2v) is 6.64. The Morgan fingerprint density at radius 1 is 1.08 bits per heavy atom. The first-order valence-electron chi connectivity index (χ1n) is 8.95. The normalized spacial score (nSPS) is 18.9. The van der Waals surface area contributed by atoms with Gasteiger partial charge < -0.3 is 24.4 Å². The van der Waals surface area contributed by atoms with Gasteiger partial charge in [-0.25, -0.2) is 4.98 Å². The third-order valence-electron chi connectivity index (χ3n) is 4.83. The Kier molecular flexibility index (Phi) is 4.65. The van der Waals surface area contributed by atoms with Crippen molar-refractivity contribution in [3.05, 3.63) is 36.0 Å². The number of benzene rings is 1. The molecule has 138 valence electrons. The smallest absolute Gasteiger partial charge is 0.227 e. The van der Waals surface area contributed by atoms with Gasteiger partial charge >= 0.3 is 0 Å². The standard InChI is InChI=1S/C19H24N4O3/c1-14-13-17(21-15-3-5-16(24-2)6-4-15)22-18(20-14)23-9-7-19(8-10-23)25-11-12-26-19/h3-6,13H,7-12H2,1-2H3,(H,20,21,22). The van der Waals surface area contributed by atoms with E-state index in [4.69, 9.17) is 19.2 Å². The first kappa shape index (κ1) is 17.1. The van der Waals surface area contributed by atoms with E-state index in [2.05, 4.69) is 15.2 Å². The lowest BCUT2D eigenvalue weighted by molar-refractivity contribution is -0.169. The van der Waals surface area contributed by atoms with E-state index < -0.39 is 0 Å². The number of aryl methyl sites for hydroxylation is 1. The van der Waals surface area contributed by atoms with Crippen molar-refractivity contribution in [2.45, 2.75) is 25.6 Å². The Labute approximate surface area is 153 Å².